The van der Waals surface area contributed by atoms with E-state index in [9.17, 15) is 21.6 Å². The molecule has 0 atom stereocenters. The third-order valence-electron chi connectivity index (χ3n) is 2.78. The van der Waals surface area contributed by atoms with Gasteiger partial charge in [-0.2, -0.15) is 21.6 Å². The SMILES string of the molecule is COc1cc(OS(=O)(=O)C(F)(F)F)c([Si](C)(C)C)cc1OC. The van der Waals surface area contributed by atoms with Crippen LogP contribution in [0.5, 0.6) is 17.2 Å². The fraction of sp³-hybridized carbons (Fsp3) is 0.500. The summed E-state index contributed by atoms with van der Waals surface area (Å²) in [6, 6.07) is 2.54. The molecule has 0 aliphatic heterocycles. The lowest BCUT2D eigenvalue weighted by Gasteiger charge is -2.23. The van der Waals surface area contributed by atoms with E-state index < -0.39 is 29.4 Å². The average molecular weight is 358 g/mol. The maximum absolute atomic E-state index is 12.5. The Morgan fingerprint density at radius 1 is 0.955 bits per heavy atom. The van der Waals surface area contributed by atoms with Crippen molar-refractivity contribution in [2.24, 2.45) is 0 Å². The topological polar surface area (TPSA) is 61.8 Å². The van der Waals surface area contributed by atoms with Crippen LogP contribution in [-0.4, -0.2) is 36.2 Å². The van der Waals surface area contributed by atoms with E-state index in [4.69, 9.17) is 9.47 Å². The van der Waals surface area contributed by atoms with E-state index in [0.717, 1.165) is 6.07 Å². The summed E-state index contributed by atoms with van der Waals surface area (Å²) in [4.78, 5) is 0. The van der Waals surface area contributed by atoms with Gasteiger partial charge in [0.1, 0.15) is 5.75 Å². The molecule has 0 spiro atoms. The number of benzene rings is 1. The van der Waals surface area contributed by atoms with Gasteiger partial charge in [-0.3, -0.25) is 0 Å². The molecule has 0 bridgehead atoms. The highest BCUT2D eigenvalue weighted by atomic mass is 32.2. The first-order chi connectivity index (χ1) is 9.83. The first-order valence-electron chi connectivity index (χ1n) is 6.10. The fourth-order valence-electron chi connectivity index (χ4n) is 1.68. The Balaban J connectivity index is 3.52. The summed E-state index contributed by atoms with van der Waals surface area (Å²) in [7, 11) is -5.31. The Morgan fingerprint density at radius 2 is 1.41 bits per heavy atom. The van der Waals surface area contributed by atoms with Crippen LogP contribution in [0.1, 0.15) is 0 Å². The standard InChI is InChI=1S/C12H17F3O5SSi/c1-18-8-6-10(20-21(16,17)12(13,14)15)11(22(3,4)5)7-9(8)19-2/h6-7H,1-5H3. The second-order valence-electron chi connectivity index (χ2n) is 5.44. The zero-order chi connectivity index (χ0) is 17.3. The molecule has 0 aromatic heterocycles. The molecule has 0 heterocycles. The molecule has 1 rings (SSSR count). The van der Waals surface area contributed by atoms with Crippen LogP contribution >= 0.6 is 0 Å². The van der Waals surface area contributed by atoms with Crippen molar-refractivity contribution in [3.8, 4) is 17.2 Å². The van der Waals surface area contributed by atoms with Crippen molar-refractivity contribution in [2.45, 2.75) is 25.1 Å². The second kappa shape index (κ2) is 5.99. The molecule has 22 heavy (non-hydrogen) atoms. The number of methoxy groups -OCH3 is 2. The summed E-state index contributed by atoms with van der Waals surface area (Å²) < 4.78 is 74.4. The van der Waals surface area contributed by atoms with E-state index in [2.05, 4.69) is 4.18 Å². The van der Waals surface area contributed by atoms with Gasteiger partial charge in [-0.05, 0) is 11.3 Å². The van der Waals surface area contributed by atoms with Crippen LogP contribution in [0.2, 0.25) is 19.6 Å². The highest BCUT2D eigenvalue weighted by molar-refractivity contribution is 7.88. The summed E-state index contributed by atoms with van der Waals surface area (Å²) in [5.74, 6) is -0.0253. The molecule has 1 aromatic carbocycles. The molecule has 5 nitrogen and oxygen atoms in total. The van der Waals surface area contributed by atoms with Gasteiger partial charge < -0.3 is 13.7 Å². The highest BCUT2D eigenvalue weighted by Crippen LogP contribution is 2.34. The number of rotatable bonds is 5. The van der Waals surface area contributed by atoms with Gasteiger partial charge in [0.25, 0.3) is 0 Å². The fourth-order valence-corrected chi connectivity index (χ4v) is 3.65. The Morgan fingerprint density at radius 3 is 1.77 bits per heavy atom. The van der Waals surface area contributed by atoms with Crippen molar-refractivity contribution in [2.75, 3.05) is 14.2 Å². The van der Waals surface area contributed by atoms with Gasteiger partial charge in [0.05, 0.1) is 22.3 Å². The number of ether oxygens (including phenoxy) is 2. The van der Waals surface area contributed by atoms with E-state index in [1.807, 2.05) is 19.6 Å². The first-order valence-corrected chi connectivity index (χ1v) is 11.0. The van der Waals surface area contributed by atoms with Crippen LogP contribution in [0.15, 0.2) is 12.1 Å². The maximum atomic E-state index is 12.5. The van der Waals surface area contributed by atoms with E-state index in [1.165, 1.54) is 20.3 Å². The third-order valence-corrected chi connectivity index (χ3v) is 5.75. The van der Waals surface area contributed by atoms with Crippen LogP contribution in [0.4, 0.5) is 13.2 Å². The highest BCUT2D eigenvalue weighted by Gasteiger charge is 2.49. The largest absolute Gasteiger partial charge is 0.534 e. The molecule has 1 aromatic rings. The summed E-state index contributed by atoms with van der Waals surface area (Å²) in [5.41, 5.74) is -5.50. The van der Waals surface area contributed by atoms with Gasteiger partial charge in [0.2, 0.25) is 0 Å². The van der Waals surface area contributed by atoms with Gasteiger partial charge in [-0.15, -0.1) is 0 Å². The minimum atomic E-state index is -5.75. The zero-order valence-corrected chi connectivity index (χ0v) is 14.6. The molecule has 0 amide bonds. The third kappa shape index (κ3) is 3.86. The second-order valence-corrected chi connectivity index (χ2v) is 12.0. The summed E-state index contributed by atoms with van der Waals surface area (Å²) in [6.07, 6.45) is 0. The lowest BCUT2D eigenvalue weighted by Crippen LogP contribution is -2.40. The Kier molecular flexibility index (Phi) is 5.07. The van der Waals surface area contributed by atoms with Gasteiger partial charge in [-0.25, -0.2) is 0 Å². The average Bonchev–Trinajstić information content (AvgIpc) is 2.34. The van der Waals surface area contributed by atoms with Crippen LogP contribution in [-0.2, 0) is 10.1 Å². The minimum absolute atomic E-state index is 0.0804. The quantitative estimate of drug-likeness (QED) is 0.460. The molecule has 0 aliphatic rings. The number of hydrogen-bond acceptors (Lipinski definition) is 5. The van der Waals surface area contributed by atoms with Gasteiger partial charge in [-0.1, -0.05) is 19.6 Å². The van der Waals surface area contributed by atoms with Crippen LogP contribution < -0.4 is 18.8 Å². The van der Waals surface area contributed by atoms with E-state index in [1.54, 1.807) is 0 Å². The molecule has 0 fully saturated rings. The van der Waals surface area contributed by atoms with Gasteiger partial charge >= 0.3 is 15.6 Å². The summed E-state index contributed by atoms with van der Waals surface area (Å²) in [5, 5.41) is 0.373. The Bertz CT molecular complexity index is 650. The number of alkyl halides is 3. The molecule has 0 radical (unpaired) electrons. The van der Waals surface area contributed by atoms with Crippen molar-refractivity contribution in [3.63, 3.8) is 0 Å². The predicted molar refractivity (Wildman–Crippen MR) is 78.1 cm³/mol. The Hall–Kier alpha value is -1.42. The van der Waals surface area contributed by atoms with Crippen molar-refractivity contribution < 1.29 is 35.2 Å². The van der Waals surface area contributed by atoms with Crippen LogP contribution in [0, 0.1) is 0 Å². The molecular weight excluding hydrogens is 341 g/mol. The summed E-state index contributed by atoms with van der Waals surface area (Å²) in [6.45, 7) is 5.50. The summed E-state index contributed by atoms with van der Waals surface area (Å²) >= 11 is 0. The Labute approximate surface area is 128 Å². The van der Waals surface area contributed by atoms with Crippen molar-refractivity contribution >= 4 is 23.4 Å². The molecule has 10 heteroatoms. The zero-order valence-electron chi connectivity index (χ0n) is 12.7. The smallest absolute Gasteiger partial charge is 0.493 e. The monoisotopic (exact) mass is 358 g/mol. The van der Waals surface area contributed by atoms with Crippen molar-refractivity contribution in [1.82, 2.24) is 0 Å². The van der Waals surface area contributed by atoms with E-state index >= 15 is 0 Å². The lowest BCUT2D eigenvalue weighted by molar-refractivity contribution is -0.0499. The van der Waals surface area contributed by atoms with Crippen LogP contribution in [0.3, 0.4) is 0 Å². The molecule has 0 unspecified atom stereocenters. The van der Waals surface area contributed by atoms with E-state index in [0.29, 0.717) is 5.19 Å². The number of halogens is 3. The van der Waals surface area contributed by atoms with Crippen LogP contribution in [0.25, 0.3) is 0 Å². The molecular formula is C12H17F3O5SSi. The van der Waals surface area contributed by atoms with Crippen molar-refractivity contribution in [1.29, 1.82) is 0 Å². The molecule has 0 saturated heterocycles. The predicted octanol–water partition coefficient (Wildman–Crippen LogP) is 2.48. The minimum Gasteiger partial charge on any atom is -0.493 e. The van der Waals surface area contributed by atoms with E-state index in [-0.39, 0.29) is 11.5 Å². The lowest BCUT2D eigenvalue weighted by atomic mass is 10.3. The first kappa shape index (κ1) is 18.6. The molecule has 0 aliphatic carbocycles. The maximum Gasteiger partial charge on any atom is 0.534 e. The van der Waals surface area contributed by atoms with Gasteiger partial charge in [0, 0.05) is 6.07 Å². The number of hydrogen-bond donors (Lipinski definition) is 0. The molecule has 0 N–H and O–H groups in total. The molecule has 0 saturated carbocycles. The van der Waals surface area contributed by atoms with Gasteiger partial charge in [0.15, 0.2) is 11.5 Å². The molecule has 126 valence electrons. The van der Waals surface area contributed by atoms with Crippen molar-refractivity contribution in [3.05, 3.63) is 12.1 Å². The normalized spacial score (nSPS) is 12.9.